The van der Waals surface area contributed by atoms with Crippen molar-refractivity contribution >= 4 is 5.91 Å². The van der Waals surface area contributed by atoms with E-state index in [0.29, 0.717) is 26.1 Å². The van der Waals surface area contributed by atoms with Gasteiger partial charge in [-0.25, -0.2) is 0 Å². The average Bonchev–Trinajstić information content (AvgIpc) is 2.08. The summed E-state index contributed by atoms with van der Waals surface area (Å²) in [6, 6.07) is 0. The van der Waals surface area contributed by atoms with Crippen LogP contribution in [0.3, 0.4) is 0 Å². The Labute approximate surface area is 85.3 Å². The molecule has 1 aliphatic heterocycles. The van der Waals surface area contributed by atoms with Gasteiger partial charge in [0.1, 0.15) is 5.60 Å². The van der Waals surface area contributed by atoms with Crippen molar-refractivity contribution in [3.8, 4) is 0 Å². The van der Waals surface area contributed by atoms with E-state index >= 15 is 0 Å². The predicted octanol–water partition coefficient (Wildman–Crippen LogP) is -0.175. The molecule has 1 aliphatic rings. The van der Waals surface area contributed by atoms with Gasteiger partial charge in [-0.05, 0) is 13.0 Å². The summed E-state index contributed by atoms with van der Waals surface area (Å²) in [5.41, 5.74) is -0.644. The number of aliphatic hydroxyl groups is 1. The fourth-order valence-corrected chi connectivity index (χ4v) is 1.55. The van der Waals surface area contributed by atoms with Crippen LogP contribution in [0.1, 0.15) is 20.3 Å². The van der Waals surface area contributed by atoms with Crippen LogP contribution in [0, 0.1) is 5.92 Å². The van der Waals surface area contributed by atoms with Gasteiger partial charge in [0.15, 0.2) is 0 Å². The first-order valence-corrected chi connectivity index (χ1v) is 5.14. The highest BCUT2D eigenvalue weighted by Gasteiger charge is 2.45. The third-order valence-electron chi connectivity index (χ3n) is 2.95. The lowest BCUT2D eigenvalue weighted by Gasteiger charge is -2.49. The third-order valence-corrected chi connectivity index (χ3v) is 2.95. The van der Waals surface area contributed by atoms with Gasteiger partial charge in [-0.1, -0.05) is 13.8 Å². The second-order valence-corrected chi connectivity index (χ2v) is 4.36. The zero-order valence-electron chi connectivity index (χ0n) is 9.21. The van der Waals surface area contributed by atoms with Gasteiger partial charge in [0.05, 0.1) is 13.1 Å². The van der Waals surface area contributed by atoms with E-state index in [2.05, 4.69) is 5.32 Å². The molecule has 1 fully saturated rings. The molecule has 0 radical (unpaired) electrons. The Hall–Kier alpha value is -0.610. The highest BCUT2D eigenvalue weighted by atomic mass is 16.3. The van der Waals surface area contributed by atoms with Crippen LogP contribution in [0.25, 0.3) is 0 Å². The Morgan fingerprint density at radius 3 is 2.57 bits per heavy atom. The molecule has 0 atom stereocenters. The molecule has 1 amide bonds. The van der Waals surface area contributed by atoms with Gasteiger partial charge < -0.3 is 15.3 Å². The number of hydrogen-bond acceptors (Lipinski definition) is 3. The average molecular weight is 200 g/mol. The van der Waals surface area contributed by atoms with Gasteiger partial charge in [0, 0.05) is 13.0 Å². The molecular formula is C10H20N2O2. The number of rotatable bonds is 4. The summed E-state index contributed by atoms with van der Waals surface area (Å²) in [7, 11) is 1.83. The van der Waals surface area contributed by atoms with Crippen molar-refractivity contribution in [3.05, 3.63) is 0 Å². The zero-order valence-corrected chi connectivity index (χ0v) is 9.21. The summed E-state index contributed by atoms with van der Waals surface area (Å²) < 4.78 is 0. The van der Waals surface area contributed by atoms with E-state index in [-0.39, 0.29) is 11.8 Å². The fraction of sp³-hybridized carbons (Fsp3) is 0.900. The van der Waals surface area contributed by atoms with E-state index in [0.717, 1.165) is 0 Å². The molecule has 1 heterocycles. The van der Waals surface area contributed by atoms with Crippen LogP contribution in [0.4, 0.5) is 0 Å². The third kappa shape index (κ3) is 2.25. The van der Waals surface area contributed by atoms with Crippen molar-refractivity contribution in [1.82, 2.24) is 10.2 Å². The lowest BCUT2D eigenvalue weighted by atomic mass is 9.83. The van der Waals surface area contributed by atoms with Gasteiger partial charge >= 0.3 is 0 Å². The number of likely N-dealkylation sites (tertiary alicyclic amines) is 1. The highest BCUT2D eigenvalue weighted by Crippen LogP contribution is 2.28. The number of nitrogens with one attached hydrogen (secondary N) is 1. The first-order chi connectivity index (χ1) is 6.49. The quantitative estimate of drug-likeness (QED) is 0.662. The number of β-amino-alcohol motifs (C(OH)–C–C–N with tert-alkyl or cyclic N) is 1. The molecule has 1 saturated heterocycles. The summed E-state index contributed by atoms with van der Waals surface area (Å²) in [5, 5.41) is 12.9. The van der Waals surface area contributed by atoms with Crippen LogP contribution >= 0.6 is 0 Å². The maximum absolute atomic E-state index is 11.5. The Morgan fingerprint density at radius 1 is 1.57 bits per heavy atom. The minimum absolute atomic E-state index is 0.129. The Morgan fingerprint density at radius 2 is 2.14 bits per heavy atom. The van der Waals surface area contributed by atoms with Crippen molar-refractivity contribution in [2.45, 2.75) is 25.9 Å². The summed E-state index contributed by atoms with van der Waals surface area (Å²) >= 11 is 0. The van der Waals surface area contributed by atoms with Crippen molar-refractivity contribution in [1.29, 1.82) is 0 Å². The van der Waals surface area contributed by atoms with E-state index in [1.807, 2.05) is 20.9 Å². The van der Waals surface area contributed by atoms with E-state index in [1.165, 1.54) is 0 Å². The van der Waals surface area contributed by atoms with Crippen molar-refractivity contribution < 1.29 is 9.90 Å². The molecule has 0 spiro atoms. The molecule has 0 unspecified atom stereocenters. The van der Waals surface area contributed by atoms with Gasteiger partial charge in [-0.15, -0.1) is 0 Å². The van der Waals surface area contributed by atoms with Crippen LogP contribution in [-0.4, -0.2) is 48.2 Å². The summed E-state index contributed by atoms with van der Waals surface area (Å²) in [4.78, 5) is 13.2. The monoisotopic (exact) mass is 200 g/mol. The summed E-state index contributed by atoms with van der Waals surface area (Å²) in [6.45, 7) is 5.65. The number of amides is 1. The first-order valence-electron chi connectivity index (χ1n) is 5.14. The van der Waals surface area contributed by atoms with E-state index in [1.54, 1.807) is 4.90 Å². The molecule has 0 aromatic heterocycles. The normalized spacial score (nSPS) is 19.6. The maximum atomic E-state index is 11.5. The maximum Gasteiger partial charge on any atom is 0.224 e. The molecule has 4 nitrogen and oxygen atoms in total. The Kier molecular flexibility index (Phi) is 3.50. The zero-order chi connectivity index (χ0) is 10.8. The largest absolute Gasteiger partial charge is 0.386 e. The molecule has 0 aromatic carbocycles. The van der Waals surface area contributed by atoms with Crippen LogP contribution in [0.15, 0.2) is 0 Å². The minimum Gasteiger partial charge on any atom is -0.386 e. The number of carbonyl (C=O) groups excluding carboxylic acids is 1. The van der Waals surface area contributed by atoms with E-state index < -0.39 is 5.60 Å². The van der Waals surface area contributed by atoms with Crippen molar-refractivity contribution in [2.24, 2.45) is 5.92 Å². The van der Waals surface area contributed by atoms with Crippen LogP contribution in [0.2, 0.25) is 0 Å². The highest BCUT2D eigenvalue weighted by molar-refractivity contribution is 5.77. The second kappa shape index (κ2) is 4.28. The van der Waals surface area contributed by atoms with Crippen LogP contribution in [0.5, 0.6) is 0 Å². The summed E-state index contributed by atoms with van der Waals surface area (Å²) in [5.74, 6) is 0.348. The van der Waals surface area contributed by atoms with Gasteiger partial charge in [0.25, 0.3) is 0 Å². The molecule has 82 valence electrons. The Balaban J connectivity index is 2.30. The molecule has 4 heteroatoms. The van der Waals surface area contributed by atoms with Crippen molar-refractivity contribution in [3.63, 3.8) is 0 Å². The van der Waals surface area contributed by atoms with Gasteiger partial charge in [-0.3, -0.25) is 4.79 Å². The minimum atomic E-state index is -0.644. The topological polar surface area (TPSA) is 52.6 Å². The number of hydrogen-bond donors (Lipinski definition) is 2. The lowest BCUT2D eigenvalue weighted by Crippen LogP contribution is -2.66. The Bertz CT molecular complexity index is 210. The molecule has 1 rings (SSSR count). The molecule has 0 aromatic rings. The SMILES string of the molecule is CNCCC(=O)N1CC(O)(C(C)C)C1. The molecule has 2 N–H and O–H groups in total. The first kappa shape index (κ1) is 11.5. The second-order valence-electron chi connectivity index (χ2n) is 4.36. The van der Waals surface area contributed by atoms with E-state index in [9.17, 15) is 9.90 Å². The standard InChI is InChI=1S/C10H20N2O2/c1-8(2)10(14)6-12(7-10)9(13)4-5-11-3/h8,11,14H,4-7H2,1-3H3. The summed E-state index contributed by atoms with van der Waals surface area (Å²) in [6.07, 6.45) is 0.519. The van der Waals surface area contributed by atoms with Crippen LogP contribution in [-0.2, 0) is 4.79 Å². The number of carbonyl (C=O) groups is 1. The predicted molar refractivity (Wildman–Crippen MR) is 54.9 cm³/mol. The fourth-order valence-electron chi connectivity index (χ4n) is 1.55. The molecule has 0 bridgehead atoms. The van der Waals surface area contributed by atoms with Crippen molar-refractivity contribution in [2.75, 3.05) is 26.7 Å². The van der Waals surface area contributed by atoms with E-state index in [4.69, 9.17) is 0 Å². The van der Waals surface area contributed by atoms with Gasteiger partial charge in [-0.2, -0.15) is 0 Å². The molecule has 0 saturated carbocycles. The van der Waals surface area contributed by atoms with Gasteiger partial charge in [0.2, 0.25) is 5.91 Å². The lowest BCUT2D eigenvalue weighted by molar-refractivity contribution is -0.163. The molecule has 0 aliphatic carbocycles. The smallest absolute Gasteiger partial charge is 0.224 e. The number of nitrogens with zero attached hydrogens (tertiary/aromatic N) is 1. The molecule has 14 heavy (non-hydrogen) atoms. The molecular weight excluding hydrogens is 180 g/mol. The van der Waals surface area contributed by atoms with Crippen LogP contribution < -0.4 is 5.32 Å².